The number of nitrogens with one attached hydrogen (secondary N) is 3. The van der Waals surface area contributed by atoms with E-state index in [1.54, 1.807) is 6.07 Å². The van der Waals surface area contributed by atoms with Gasteiger partial charge in [0.05, 0.1) is 12.7 Å². The highest BCUT2D eigenvalue weighted by Crippen LogP contribution is 2.29. The van der Waals surface area contributed by atoms with Crippen LogP contribution in [0.4, 0.5) is 5.69 Å². The number of hydrogen-bond acceptors (Lipinski definition) is 4. The quantitative estimate of drug-likeness (QED) is 0.758. The van der Waals surface area contributed by atoms with Gasteiger partial charge in [0.2, 0.25) is 5.91 Å². The summed E-state index contributed by atoms with van der Waals surface area (Å²) in [5, 5.41) is 9.29. The molecule has 0 unspecified atom stereocenters. The van der Waals surface area contributed by atoms with Crippen LogP contribution in [0, 0.1) is 5.92 Å². The summed E-state index contributed by atoms with van der Waals surface area (Å²) < 4.78 is 5.76. The summed E-state index contributed by atoms with van der Waals surface area (Å²) in [6.07, 6.45) is 3.66. The van der Waals surface area contributed by atoms with Gasteiger partial charge >= 0.3 is 0 Å². The van der Waals surface area contributed by atoms with Crippen molar-refractivity contribution in [2.75, 3.05) is 25.0 Å². The van der Waals surface area contributed by atoms with Crippen LogP contribution in [0.5, 0.6) is 0 Å². The summed E-state index contributed by atoms with van der Waals surface area (Å²) in [7, 11) is 0. The minimum Gasteiger partial charge on any atom is -0.375 e. The van der Waals surface area contributed by atoms with Gasteiger partial charge in [-0.05, 0) is 43.4 Å². The average molecular weight is 329 g/mol. The monoisotopic (exact) mass is 329 g/mol. The van der Waals surface area contributed by atoms with E-state index in [9.17, 15) is 9.59 Å². The maximum Gasteiger partial charge on any atom is 0.251 e. The first-order chi connectivity index (χ1) is 11.7. The first kappa shape index (κ1) is 15.6. The van der Waals surface area contributed by atoms with Gasteiger partial charge < -0.3 is 20.7 Å². The van der Waals surface area contributed by atoms with Gasteiger partial charge in [-0.1, -0.05) is 6.07 Å². The lowest BCUT2D eigenvalue weighted by Gasteiger charge is -2.39. The van der Waals surface area contributed by atoms with E-state index in [2.05, 4.69) is 16.0 Å². The molecule has 4 rings (SSSR count). The Balaban J connectivity index is 1.43. The lowest BCUT2D eigenvalue weighted by molar-refractivity contribution is -0.123. The smallest absolute Gasteiger partial charge is 0.251 e. The van der Waals surface area contributed by atoms with Gasteiger partial charge in [-0.15, -0.1) is 0 Å². The maximum atomic E-state index is 12.6. The fourth-order valence-corrected chi connectivity index (χ4v) is 3.98. The molecular weight excluding hydrogens is 306 g/mol. The summed E-state index contributed by atoms with van der Waals surface area (Å²) in [6, 6.07) is 5.90. The highest BCUT2D eigenvalue weighted by molar-refractivity contribution is 5.99. The van der Waals surface area contributed by atoms with Crippen LogP contribution in [0.2, 0.25) is 0 Å². The summed E-state index contributed by atoms with van der Waals surface area (Å²) in [4.78, 5) is 24.5. The average Bonchev–Trinajstić information content (AvgIpc) is 2.62. The minimum absolute atomic E-state index is 0.00897. The molecule has 1 aromatic rings. The van der Waals surface area contributed by atoms with Crippen LogP contribution in [-0.4, -0.2) is 43.7 Å². The molecule has 3 atom stereocenters. The van der Waals surface area contributed by atoms with Crippen LogP contribution in [0.25, 0.3) is 0 Å². The number of rotatable bonds is 2. The van der Waals surface area contributed by atoms with Gasteiger partial charge in [0.15, 0.2) is 0 Å². The normalized spacial score (nSPS) is 29.2. The number of morpholine rings is 1. The maximum absolute atomic E-state index is 12.6. The first-order valence-electron chi connectivity index (χ1n) is 8.77. The number of ether oxygens (including phenoxy) is 1. The zero-order valence-corrected chi connectivity index (χ0v) is 13.6. The highest BCUT2D eigenvalue weighted by atomic mass is 16.5. The van der Waals surface area contributed by atoms with E-state index < -0.39 is 0 Å². The number of benzene rings is 1. The molecule has 1 aliphatic carbocycles. The lowest BCUT2D eigenvalue weighted by Crippen LogP contribution is -2.52. The Bertz CT molecular complexity index is 661. The molecule has 0 bridgehead atoms. The van der Waals surface area contributed by atoms with Crippen molar-refractivity contribution in [1.82, 2.24) is 10.6 Å². The van der Waals surface area contributed by atoms with Crippen LogP contribution in [0.3, 0.4) is 0 Å². The molecule has 1 saturated heterocycles. The van der Waals surface area contributed by atoms with E-state index in [0.717, 1.165) is 44.4 Å². The predicted molar refractivity (Wildman–Crippen MR) is 90.0 cm³/mol. The topological polar surface area (TPSA) is 79.5 Å². The zero-order chi connectivity index (χ0) is 16.5. The van der Waals surface area contributed by atoms with Gasteiger partial charge in [-0.2, -0.15) is 0 Å². The van der Waals surface area contributed by atoms with Crippen molar-refractivity contribution in [1.29, 1.82) is 0 Å². The van der Waals surface area contributed by atoms with E-state index in [1.165, 1.54) is 0 Å². The zero-order valence-electron chi connectivity index (χ0n) is 13.6. The lowest BCUT2D eigenvalue weighted by atomic mass is 9.82. The molecule has 1 aromatic carbocycles. The summed E-state index contributed by atoms with van der Waals surface area (Å²) in [5.41, 5.74) is 2.41. The van der Waals surface area contributed by atoms with Crippen LogP contribution in [0.1, 0.15) is 35.2 Å². The van der Waals surface area contributed by atoms with Crippen LogP contribution < -0.4 is 16.0 Å². The van der Waals surface area contributed by atoms with Crippen molar-refractivity contribution in [2.24, 2.45) is 5.92 Å². The summed E-state index contributed by atoms with van der Waals surface area (Å²) >= 11 is 0. The molecule has 24 heavy (non-hydrogen) atoms. The molecule has 0 radical (unpaired) electrons. The number of amides is 2. The number of hydrogen-bond donors (Lipinski definition) is 3. The molecule has 3 N–H and O–H groups in total. The molecule has 2 fully saturated rings. The standard InChI is InChI=1S/C18H23N3O3/c22-17(12-2-4-16-15(9-12)19-7-8-24-16)21-13-3-1-11-5-6-20-18(23)14(11)10-13/h1,3,10,12,15-16,19H,2,4-9H2,(H,20,23)(H,21,22)/t12-,15+,16+/m0/s1. The van der Waals surface area contributed by atoms with Crippen molar-refractivity contribution >= 4 is 17.5 Å². The Morgan fingerprint density at radius 2 is 2.17 bits per heavy atom. The Morgan fingerprint density at radius 3 is 3.08 bits per heavy atom. The van der Waals surface area contributed by atoms with Crippen LogP contribution in [0.15, 0.2) is 18.2 Å². The molecule has 2 amide bonds. The Hall–Kier alpha value is -1.92. The van der Waals surface area contributed by atoms with E-state index >= 15 is 0 Å². The third-order valence-corrected chi connectivity index (χ3v) is 5.30. The fourth-order valence-electron chi connectivity index (χ4n) is 3.98. The third kappa shape index (κ3) is 3.03. The van der Waals surface area contributed by atoms with Gasteiger partial charge in [0.1, 0.15) is 0 Å². The van der Waals surface area contributed by atoms with Gasteiger partial charge in [-0.3, -0.25) is 9.59 Å². The van der Waals surface area contributed by atoms with E-state index in [1.807, 2.05) is 12.1 Å². The molecule has 2 aliphatic heterocycles. The molecular formula is C18H23N3O3. The van der Waals surface area contributed by atoms with Gasteiger partial charge in [0, 0.05) is 36.3 Å². The molecule has 2 heterocycles. The van der Waals surface area contributed by atoms with Crippen LogP contribution >= 0.6 is 0 Å². The second-order valence-corrected chi connectivity index (χ2v) is 6.85. The summed E-state index contributed by atoms with van der Waals surface area (Å²) in [5.74, 6) is -0.0290. The third-order valence-electron chi connectivity index (χ3n) is 5.30. The number of carbonyl (C=O) groups excluding carboxylic acids is 2. The molecule has 128 valence electrons. The summed E-state index contributed by atoms with van der Waals surface area (Å²) in [6.45, 7) is 2.29. The van der Waals surface area contributed by atoms with E-state index in [-0.39, 0.29) is 29.9 Å². The van der Waals surface area contributed by atoms with Crippen molar-refractivity contribution in [3.05, 3.63) is 29.3 Å². The Kier molecular flexibility index (Phi) is 4.24. The predicted octanol–water partition coefficient (Wildman–Crippen LogP) is 1.07. The van der Waals surface area contributed by atoms with Crippen molar-refractivity contribution in [3.63, 3.8) is 0 Å². The van der Waals surface area contributed by atoms with E-state index in [4.69, 9.17) is 4.74 Å². The highest BCUT2D eigenvalue weighted by Gasteiger charge is 2.35. The van der Waals surface area contributed by atoms with Gasteiger partial charge in [-0.25, -0.2) is 0 Å². The van der Waals surface area contributed by atoms with E-state index in [0.29, 0.717) is 17.8 Å². The Labute approximate surface area is 141 Å². The molecule has 0 aromatic heterocycles. The number of fused-ring (bicyclic) bond motifs is 2. The first-order valence-corrected chi connectivity index (χ1v) is 8.77. The molecule has 3 aliphatic rings. The SMILES string of the molecule is O=C1NCCc2ccc(NC(=O)[C@H]3CC[C@H]4OCCN[C@@H]4C3)cc21. The second kappa shape index (κ2) is 6.53. The van der Waals surface area contributed by atoms with Crippen LogP contribution in [-0.2, 0) is 16.0 Å². The molecule has 6 nitrogen and oxygen atoms in total. The second-order valence-electron chi connectivity index (χ2n) is 6.85. The van der Waals surface area contributed by atoms with Gasteiger partial charge in [0.25, 0.3) is 5.91 Å². The number of carbonyl (C=O) groups is 2. The Morgan fingerprint density at radius 1 is 1.25 bits per heavy atom. The largest absolute Gasteiger partial charge is 0.375 e. The molecule has 1 saturated carbocycles. The molecule has 6 heteroatoms. The number of anilines is 1. The van der Waals surface area contributed by atoms with Crippen molar-refractivity contribution in [2.45, 2.75) is 37.8 Å². The van der Waals surface area contributed by atoms with Crippen molar-refractivity contribution in [3.8, 4) is 0 Å². The fraction of sp³-hybridized carbons (Fsp3) is 0.556. The molecule has 0 spiro atoms. The minimum atomic E-state index is -0.0589. The van der Waals surface area contributed by atoms with Crippen molar-refractivity contribution < 1.29 is 14.3 Å².